The third kappa shape index (κ3) is 12.4. The number of fused-ring (bicyclic) bond motifs is 1. The van der Waals surface area contributed by atoms with E-state index in [1.54, 1.807) is 6.92 Å². The molecule has 0 aliphatic rings. The third-order valence-electron chi connectivity index (χ3n) is 6.58. The zero-order valence-corrected chi connectivity index (χ0v) is 22.7. The molecular formula is C31H48N2O3. The lowest BCUT2D eigenvalue weighted by molar-refractivity contribution is -0.147. The molecule has 0 spiro atoms. The van der Waals surface area contributed by atoms with Crippen molar-refractivity contribution in [3.05, 3.63) is 48.2 Å². The summed E-state index contributed by atoms with van der Waals surface area (Å²) in [6.07, 6.45) is 21.5. The van der Waals surface area contributed by atoms with Gasteiger partial charge in [-0.25, -0.2) is 4.79 Å². The summed E-state index contributed by atoms with van der Waals surface area (Å²) in [4.78, 5) is 28.3. The number of H-pyrrole nitrogens is 1. The molecule has 1 heterocycles. The number of carbonyl (C=O) groups excluding carboxylic acids is 2. The second-order valence-corrected chi connectivity index (χ2v) is 9.79. The molecule has 1 atom stereocenters. The molecule has 0 aliphatic heterocycles. The van der Waals surface area contributed by atoms with Crippen molar-refractivity contribution in [1.82, 2.24) is 10.3 Å². The van der Waals surface area contributed by atoms with Gasteiger partial charge in [0, 0.05) is 24.1 Å². The van der Waals surface area contributed by atoms with Crippen LogP contribution in [0.1, 0.15) is 109 Å². The van der Waals surface area contributed by atoms with Gasteiger partial charge in [-0.3, -0.25) is 4.79 Å². The minimum Gasteiger partial charge on any atom is -0.464 e. The number of aromatic nitrogens is 1. The minimum atomic E-state index is -0.673. The number of benzene rings is 1. The number of aromatic amines is 1. The second-order valence-electron chi connectivity index (χ2n) is 9.79. The number of nitrogens with one attached hydrogen (secondary N) is 2. The summed E-state index contributed by atoms with van der Waals surface area (Å²) in [5.74, 6) is -0.462. The molecule has 36 heavy (non-hydrogen) atoms. The molecule has 0 bridgehead atoms. The summed E-state index contributed by atoms with van der Waals surface area (Å²) < 4.78 is 5.21. The van der Waals surface area contributed by atoms with Crippen LogP contribution in [0, 0.1) is 0 Å². The first kappa shape index (κ1) is 29.7. The first-order chi connectivity index (χ1) is 17.6. The number of esters is 1. The van der Waals surface area contributed by atoms with Crippen LogP contribution in [0.3, 0.4) is 0 Å². The van der Waals surface area contributed by atoms with E-state index in [1.807, 2.05) is 30.3 Å². The summed E-state index contributed by atoms with van der Waals surface area (Å²) in [6.45, 7) is 4.34. The van der Waals surface area contributed by atoms with Crippen molar-refractivity contribution in [2.45, 2.75) is 116 Å². The largest absolute Gasteiger partial charge is 0.464 e. The number of carbonyl (C=O) groups is 2. The zero-order chi connectivity index (χ0) is 25.8. The molecule has 5 nitrogen and oxygen atoms in total. The molecule has 2 N–H and O–H groups in total. The highest BCUT2D eigenvalue weighted by Gasteiger charge is 2.23. The van der Waals surface area contributed by atoms with E-state index in [-0.39, 0.29) is 11.9 Å². The van der Waals surface area contributed by atoms with Gasteiger partial charge in [-0.1, -0.05) is 88.6 Å². The van der Waals surface area contributed by atoms with Crippen molar-refractivity contribution < 1.29 is 14.3 Å². The standard InChI is InChI=1S/C31H48N2O3/c1-3-5-6-7-8-9-10-11-12-13-14-15-16-17-18-23-30(34)33-29(31(35)36-4-2)25-27-24-26-21-19-20-22-28(26)32-27/h11-12,19-22,24,29,32H,3-10,13-18,23,25H2,1-2H3,(H,33,34)/b12-11+. The Kier molecular flexibility index (Phi) is 15.4. The summed E-state index contributed by atoms with van der Waals surface area (Å²) in [5.41, 5.74) is 1.94. The van der Waals surface area contributed by atoms with Crippen LogP contribution in [0.5, 0.6) is 0 Å². The number of ether oxygens (including phenoxy) is 1. The Labute approximate surface area is 218 Å². The van der Waals surface area contributed by atoms with Crippen LogP contribution in [0.15, 0.2) is 42.5 Å². The number of amides is 1. The van der Waals surface area contributed by atoms with Crippen LogP contribution >= 0.6 is 0 Å². The first-order valence-corrected chi connectivity index (χ1v) is 14.3. The highest BCUT2D eigenvalue weighted by Crippen LogP contribution is 2.16. The Morgan fingerprint density at radius 3 is 2.19 bits per heavy atom. The molecule has 0 saturated carbocycles. The van der Waals surface area contributed by atoms with Crippen LogP contribution < -0.4 is 5.32 Å². The molecule has 0 saturated heterocycles. The normalized spacial score (nSPS) is 12.3. The lowest BCUT2D eigenvalue weighted by Gasteiger charge is -2.17. The van der Waals surface area contributed by atoms with Crippen LogP contribution in [-0.2, 0) is 20.7 Å². The number of hydrogen-bond acceptors (Lipinski definition) is 3. The van der Waals surface area contributed by atoms with Gasteiger partial charge >= 0.3 is 5.97 Å². The van der Waals surface area contributed by atoms with Crippen LogP contribution in [0.4, 0.5) is 0 Å². The molecule has 1 aromatic carbocycles. The van der Waals surface area contributed by atoms with Gasteiger partial charge in [0.1, 0.15) is 6.04 Å². The molecule has 2 rings (SSSR count). The fourth-order valence-corrected chi connectivity index (χ4v) is 4.52. The van der Waals surface area contributed by atoms with Gasteiger partial charge in [0.25, 0.3) is 0 Å². The maximum atomic E-state index is 12.5. The molecular weight excluding hydrogens is 448 g/mol. The summed E-state index contributed by atoms with van der Waals surface area (Å²) in [6, 6.07) is 9.34. The highest BCUT2D eigenvalue weighted by atomic mass is 16.5. The first-order valence-electron chi connectivity index (χ1n) is 14.3. The lowest BCUT2D eigenvalue weighted by Crippen LogP contribution is -2.43. The van der Waals surface area contributed by atoms with E-state index < -0.39 is 6.04 Å². The van der Waals surface area contributed by atoms with E-state index in [9.17, 15) is 9.59 Å². The number of rotatable bonds is 20. The predicted octanol–water partition coefficient (Wildman–Crippen LogP) is 7.80. The Bertz CT molecular complexity index is 869. The predicted molar refractivity (Wildman–Crippen MR) is 150 cm³/mol. The van der Waals surface area contributed by atoms with Crippen molar-refractivity contribution in [3.63, 3.8) is 0 Å². The van der Waals surface area contributed by atoms with E-state index in [0.29, 0.717) is 19.4 Å². The van der Waals surface area contributed by atoms with Crippen molar-refractivity contribution >= 4 is 22.8 Å². The molecule has 5 heteroatoms. The molecule has 1 aromatic heterocycles. The van der Waals surface area contributed by atoms with Crippen molar-refractivity contribution in [3.8, 4) is 0 Å². The van der Waals surface area contributed by atoms with E-state index in [2.05, 4.69) is 29.4 Å². The Hall–Kier alpha value is -2.56. The monoisotopic (exact) mass is 496 g/mol. The van der Waals surface area contributed by atoms with Crippen molar-refractivity contribution in [2.24, 2.45) is 0 Å². The van der Waals surface area contributed by atoms with Gasteiger partial charge in [0.05, 0.1) is 6.61 Å². The Morgan fingerprint density at radius 1 is 0.889 bits per heavy atom. The smallest absolute Gasteiger partial charge is 0.329 e. The van der Waals surface area contributed by atoms with E-state index in [4.69, 9.17) is 4.74 Å². The van der Waals surface area contributed by atoms with Crippen molar-refractivity contribution in [2.75, 3.05) is 6.61 Å². The number of para-hydroxylation sites is 1. The lowest BCUT2D eigenvalue weighted by atomic mass is 10.1. The van der Waals surface area contributed by atoms with Gasteiger partial charge < -0.3 is 15.0 Å². The fourth-order valence-electron chi connectivity index (χ4n) is 4.52. The number of allylic oxidation sites excluding steroid dienone is 2. The van der Waals surface area contributed by atoms with Gasteiger partial charge in [0.15, 0.2) is 0 Å². The topological polar surface area (TPSA) is 71.2 Å². The SMILES string of the molecule is CCCCCCCC/C=C/CCCCCCCC(=O)NC(Cc1cc2ccccc2[nH]1)C(=O)OCC. The second kappa shape index (κ2) is 18.7. The fraction of sp³-hybridized carbons (Fsp3) is 0.613. The maximum Gasteiger partial charge on any atom is 0.329 e. The molecule has 1 unspecified atom stereocenters. The van der Waals surface area contributed by atoms with E-state index in [0.717, 1.165) is 42.3 Å². The van der Waals surface area contributed by atoms with Gasteiger partial charge in [-0.2, -0.15) is 0 Å². The van der Waals surface area contributed by atoms with E-state index in [1.165, 1.54) is 57.8 Å². The third-order valence-corrected chi connectivity index (χ3v) is 6.58. The van der Waals surface area contributed by atoms with Gasteiger partial charge in [-0.15, -0.1) is 0 Å². The van der Waals surface area contributed by atoms with Crippen LogP contribution in [0.25, 0.3) is 10.9 Å². The highest BCUT2D eigenvalue weighted by molar-refractivity contribution is 5.85. The van der Waals surface area contributed by atoms with Gasteiger partial charge in [-0.05, 0) is 56.5 Å². The Morgan fingerprint density at radius 2 is 1.53 bits per heavy atom. The summed E-state index contributed by atoms with van der Waals surface area (Å²) in [7, 11) is 0. The van der Waals surface area contributed by atoms with Crippen LogP contribution in [-0.4, -0.2) is 29.5 Å². The quantitative estimate of drug-likeness (QED) is 0.112. The molecule has 2 aromatic rings. The summed E-state index contributed by atoms with van der Waals surface area (Å²) in [5, 5.41) is 3.99. The van der Waals surface area contributed by atoms with Crippen molar-refractivity contribution in [1.29, 1.82) is 0 Å². The minimum absolute atomic E-state index is 0.0817. The number of unbranched alkanes of at least 4 members (excludes halogenated alkanes) is 11. The van der Waals surface area contributed by atoms with E-state index >= 15 is 0 Å². The molecule has 200 valence electrons. The van der Waals surface area contributed by atoms with Crippen LogP contribution in [0.2, 0.25) is 0 Å². The Balaban J connectivity index is 1.57. The average molecular weight is 497 g/mol. The number of hydrogen-bond donors (Lipinski definition) is 2. The van der Waals surface area contributed by atoms with Gasteiger partial charge in [0.2, 0.25) is 5.91 Å². The molecule has 0 aliphatic carbocycles. The summed E-state index contributed by atoms with van der Waals surface area (Å²) >= 11 is 0. The molecule has 1 amide bonds. The zero-order valence-electron chi connectivity index (χ0n) is 22.7. The maximum absolute atomic E-state index is 12.5. The average Bonchev–Trinajstić information content (AvgIpc) is 3.28. The molecule has 0 radical (unpaired) electrons. The molecule has 0 fully saturated rings.